The molecule has 1 aliphatic carbocycles. The van der Waals surface area contributed by atoms with E-state index >= 15 is 0 Å². The molecular weight excluding hydrogens is 158 g/mol. The Balaban J connectivity index is 2.11. The van der Waals surface area contributed by atoms with Crippen molar-refractivity contribution in [2.45, 2.75) is 19.3 Å². The lowest BCUT2D eigenvalue weighted by atomic mass is 9.84. The first kappa shape index (κ1) is 8.76. The number of hydrogen-bond donors (Lipinski definition) is 1. The van der Waals surface area contributed by atoms with Crippen LogP contribution in [-0.2, 0) is 12.8 Å². The van der Waals surface area contributed by atoms with E-state index in [0.717, 1.165) is 12.5 Å². The second-order valence-electron chi connectivity index (χ2n) is 3.94. The van der Waals surface area contributed by atoms with E-state index in [1.54, 1.807) is 11.1 Å². The molecule has 0 amide bonds. The molecule has 13 heavy (non-hydrogen) atoms. The Morgan fingerprint density at radius 2 is 2.08 bits per heavy atom. The SMILES string of the molecule is CNCC1CCc2ccccc2C1. The highest BCUT2D eigenvalue weighted by atomic mass is 14.8. The van der Waals surface area contributed by atoms with E-state index in [4.69, 9.17) is 0 Å². The molecule has 0 spiro atoms. The third-order valence-electron chi connectivity index (χ3n) is 2.94. The maximum Gasteiger partial charge on any atom is -0.00202 e. The van der Waals surface area contributed by atoms with E-state index < -0.39 is 0 Å². The first-order chi connectivity index (χ1) is 6.40. The van der Waals surface area contributed by atoms with Crippen molar-refractivity contribution in [1.82, 2.24) is 5.32 Å². The van der Waals surface area contributed by atoms with Gasteiger partial charge in [0.15, 0.2) is 0 Å². The second-order valence-corrected chi connectivity index (χ2v) is 3.94. The fourth-order valence-electron chi connectivity index (χ4n) is 2.24. The summed E-state index contributed by atoms with van der Waals surface area (Å²) in [5, 5.41) is 3.27. The quantitative estimate of drug-likeness (QED) is 0.725. The van der Waals surface area contributed by atoms with Crippen LogP contribution in [0.2, 0.25) is 0 Å². The van der Waals surface area contributed by atoms with Crippen molar-refractivity contribution >= 4 is 0 Å². The number of hydrogen-bond acceptors (Lipinski definition) is 1. The largest absolute Gasteiger partial charge is 0.319 e. The summed E-state index contributed by atoms with van der Waals surface area (Å²) in [4.78, 5) is 0. The number of nitrogens with one attached hydrogen (secondary N) is 1. The molecule has 1 aromatic rings. The molecule has 1 aliphatic rings. The zero-order valence-electron chi connectivity index (χ0n) is 8.22. The maximum absolute atomic E-state index is 3.27. The third-order valence-corrected chi connectivity index (χ3v) is 2.94. The van der Waals surface area contributed by atoms with Crippen molar-refractivity contribution in [3.05, 3.63) is 35.4 Å². The minimum Gasteiger partial charge on any atom is -0.319 e. The van der Waals surface area contributed by atoms with Gasteiger partial charge in [0.05, 0.1) is 0 Å². The fraction of sp³-hybridized carbons (Fsp3) is 0.500. The van der Waals surface area contributed by atoms with Gasteiger partial charge in [-0.3, -0.25) is 0 Å². The average Bonchev–Trinajstić information content (AvgIpc) is 2.18. The van der Waals surface area contributed by atoms with Gasteiger partial charge in [0.25, 0.3) is 0 Å². The van der Waals surface area contributed by atoms with Gasteiger partial charge in [0.1, 0.15) is 0 Å². The lowest BCUT2D eigenvalue weighted by molar-refractivity contribution is 0.440. The molecule has 2 rings (SSSR count). The van der Waals surface area contributed by atoms with Crippen molar-refractivity contribution in [2.24, 2.45) is 5.92 Å². The van der Waals surface area contributed by atoms with Crippen LogP contribution in [-0.4, -0.2) is 13.6 Å². The summed E-state index contributed by atoms with van der Waals surface area (Å²) in [5.41, 5.74) is 3.13. The minimum absolute atomic E-state index is 0.847. The van der Waals surface area contributed by atoms with Gasteiger partial charge in [-0.25, -0.2) is 0 Å². The van der Waals surface area contributed by atoms with Crippen molar-refractivity contribution in [1.29, 1.82) is 0 Å². The predicted octanol–water partition coefficient (Wildman–Crippen LogP) is 2.01. The predicted molar refractivity (Wildman–Crippen MR) is 55.9 cm³/mol. The molecule has 0 aromatic heterocycles. The van der Waals surface area contributed by atoms with Crippen LogP contribution >= 0.6 is 0 Å². The standard InChI is InChI=1S/C12H17N/c1-13-9-10-6-7-11-4-2-3-5-12(11)8-10/h2-5,10,13H,6-9H2,1H3. The van der Waals surface area contributed by atoms with Crippen LogP contribution < -0.4 is 5.32 Å². The van der Waals surface area contributed by atoms with Gasteiger partial charge in [-0.1, -0.05) is 24.3 Å². The van der Waals surface area contributed by atoms with E-state index in [9.17, 15) is 0 Å². The molecule has 0 fully saturated rings. The minimum atomic E-state index is 0.847. The van der Waals surface area contributed by atoms with Crippen LogP contribution in [0.15, 0.2) is 24.3 Å². The summed E-state index contributed by atoms with van der Waals surface area (Å²) in [6.07, 6.45) is 3.87. The molecular formula is C12H17N. The molecule has 0 heterocycles. The van der Waals surface area contributed by atoms with E-state index in [2.05, 4.69) is 29.6 Å². The Hall–Kier alpha value is -0.820. The zero-order valence-corrected chi connectivity index (χ0v) is 8.22. The molecule has 1 aromatic carbocycles. The highest BCUT2D eigenvalue weighted by Crippen LogP contribution is 2.24. The van der Waals surface area contributed by atoms with Crippen LogP contribution in [0.5, 0.6) is 0 Å². The monoisotopic (exact) mass is 175 g/mol. The van der Waals surface area contributed by atoms with Crippen LogP contribution in [0.25, 0.3) is 0 Å². The number of benzene rings is 1. The molecule has 0 aliphatic heterocycles. The normalized spacial score (nSPS) is 21.2. The molecule has 1 unspecified atom stereocenters. The lowest BCUT2D eigenvalue weighted by Gasteiger charge is -2.24. The van der Waals surface area contributed by atoms with Gasteiger partial charge in [-0.05, 0) is 49.9 Å². The molecule has 0 bridgehead atoms. The fourth-order valence-corrected chi connectivity index (χ4v) is 2.24. The summed E-state index contributed by atoms with van der Waals surface area (Å²) >= 11 is 0. The van der Waals surface area contributed by atoms with E-state index in [-0.39, 0.29) is 0 Å². The van der Waals surface area contributed by atoms with E-state index in [0.29, 0.717) is 0 Å². The summed E-state index contributed by atoms with van der Waals surface area (Å²) in [5.74, 6) is 0.847. The maximum atomic E-state index is 3.27. The van der Waals surface area contributed by atoms with E-state index in [1.165, 1.54) is 19.3 Å². The second kappa shape index (κ2) is 3.93. The molecule has 70 valence electrons. The Morgan fingerprint density at radius 3 is 2.85 bits per heavy atom. The molecule has 1 N–H and O–H groups in total. The molecule has 1 atom stereocenters. The molecule has 0 saturated carbocycles. The van der Waals surface area contributed by atoms with Crippen molar-refractivity contribution in [2.75, 3.05) is 13.6 Å². The molecule has 0 radical (unpaired) electrons. The molecule has 1 nitrogen and oxygen atoms in total. The summed E-state index contributed by atoms with van der Waals surface area (Å²) in [6.45, 7) is 1.16. The Labute approximate surface area is 80.2 Å². The molecule has 1 heteroatoms. The number of fused-ring (bicyclic) bond motifs is 1. The average molecular weight is 175 g/mol. The van der Waals surface area contributed by atoms with Crippen LogP contribution in [0, 0.1) is 5.92 Å². The smallest absolute Gasteiger partial charge is 0.00202 e. The zero-order chi connectivity index (χ0) is 9.10. The third kappa shape index (κ3) is 1.92. The summed E-state index contributed by atoms with van der Waals surface area (Å²) < 4.78 is 0. The number of rotatable bonds is 2. The molecule has 0 saturated heterocycles. The Morgan fingerprint density at radius 1 is 1.31 bits per heavy atom. The number of aryl methyl sites for hydroxylation is 1. The van der Waals surface area contributed by atoms with E-state index in [1.807, 2.05) is 7.05 Å². The van der Waals surface area contributed by atoms with Gasteiger partial charge < -0.3 is 5.32 Å². The highest BCUT2D eigenvalue weighted by Gasteiger charge is 2.16. The van der Waals surface area contributed by atoms with Gasteiger partial charge in [0, 0.05) is 0 Å². The van der Waals surface area contributed by atoms with Gasteiger partial charge in [0.2, 0.25) is 0 Å². The first-order valence-electron chi connectivity index (χ1n) is 5.11. The summed E-state index contributed by atoms with van der Waals surface area (Å²) in [6, 6.07) is 8.85. The lowest BCUT2D eigenvalue weighted by Crippen LogP contribution is -2.24. The Bertz CT molecular complexity index is 280. The van der Waals surface area contributed by atoms with Crippen molar-refractivity contribution in [3.63, 3.8) is 0 Å². The van der Waals surface area contributed by atoms with Crippen LogP contribution in [0.1, 0.15) is 17.5 Å². The van der Waals surface area contributed by atoms with Gasteiger partial charge in [-0.15, -0.1) is 0 Å². The summed E-state index contributed by atoms with van der Waals surface area (Å²) in [7, 11) is 2.04. The Kier molecular flexibility index (Phi) is 2.65. The van der Waals surface area contributed by atoms with Crippen molar-refractivity contribution < 1.29 is 0 Å². The topological polar surface area (TPSA) is 12.0 Å². The van der Waals surface area contributed by atoms with Gasteiger partial charge >= 0.3 is 0 Å². The van der Waals surface area contributed by atoms with Crippen molar-refractivity contribution in [3.8, 4) is 0 Å². The van der Waals surface area contributed by atoms with Gasteiger partial charge in [-0.2, -0.15) is 0 Å². The highest BCUT2D eigenvalue weighted by molar-refractivity contribution is 5.29. The first-order valence-corrected chi connectivity index (χ1v) is 5.11. The van der Waals surface area contributed by atoms with Crippen LogP contribution in [0.4, 0.5) is 0 Å². The van der Waals surface area contributed by atoms with Crippen LogP contribution in [0.3, 0.4) is 0 Å².